The number of nitrogens with one attached hydrogen (secondary N) is 2. The van der Waals surface area contributed by atoms with Gasteiger partial charge in [0.2, 0.25) is 0 Å². The van der Waals surface area contributed by atoms with Crippen LogP contribution in [0.3, 0.4) is 0 Å². The van der Waals surface area contributed by atoms with Crippen molar-refractivity contribution >= 4 is 0 Å². The molecule has 3 heteroatoms. The van der Waals surface area contributed by atoms with E-state index in [1.807, 2.05) is 0 Å². The SMILES string of the molecule is Cc1[nH]nc(C2CCCN2)c1C1CCCCC1. The Balaban J connectivity index is 1.88. The Bertz CT molecular complexity index is 371. The highest BCUT2D eigenvalue weighted by Crippen LogP contribution is 2.38. The molecule has 0 radical (unpaired) electrons. The number of aromatic nitrogens is 2. The highest BCUT2D eigenvalue weighted by molar-refractivity contribution is 5.31. The van der Waals surface area contributed by atoms with Crippen molar-refractivity contribution in [3.63, 3.8) is 0 Å². The van der Waals surface area contributed by atoms with E-state index >= 15 is 0 Å². The molecule has 2 fully saturated rings. The highest BCUT2D eigenvalue weighted by Gasteiger charge is 2.28. The molecule has 1 aromatic rings. The molecule has 2 heterocycles. The number of aryl methyl sites for hydroxylation is 1. The van der Waals surface area contributed by atoms with E-state index in [4.69, 9.17) is 0 Å². The smallest absolute Gasteiger partial charge is 0.0828 e. The van der Waals surface area contributed by atoms with Crippen molar-refractivity contribution in [3.8, 4) is 0 Å². The fourth-order valence-corrected chi connectivity index (χ4v) is 3.55. The van der Waals surface area contributed by atoms with Gasteiger partial charge in [-0.3, -0.25) is 5.10 Å². The average molecular weight is 233 g/mol. The van der Waals surface area contributed by atoms with Crippen LogP contribution in [0.2, 0.25) is 0 Å². The fourth-order valence-electron chi connectivity index (χ4n) is 3.55. The van der Waals surface area contributed by atoms with E-state index in [1.165, 1.54) is 56.3 Å². The standard InChI is InChI=1S/C14H23N3/c1-10-13(11-6-3-2-4-7-11)14(17-16-10)12-8-5-9-15-12/h11-12,15H,2-9H2,1H3,(H,16,17). The third-order valence-electron chi connectivity index (χ3n) is 4.43. The number of nitrogens with zero attached hydrogens (tertiary/aromatic N) is 1. The van der Waals surface area contributed by atoms with Crippen LogP contribution in [0.5, 0.6) is 0 Å². The minimum atomic E-state index is 0.511. The van der Waals surface area contributed by atoms with Crippen LogP contribution < -0.4 is 5.32 Å². The molecule has 1 atom stereocenters. The predicted molar refractivity (Wildman–Crippen MR) is 69.1 cm³/mol. The van der Waals surface area contributed by atoms with E-state index in [-0.39, 0.29) is 0 Å². The number of hydrogen-bond donors (Lipinski definition) is 2. The van der Waals surface area contributed by atoms with E-state index in [2.05, 4.69) is 22.4 Å². The maximum atomic E-state index is 4.59. The lowest BCUT2D eigenvalue weighted by molar-refractivity contribution is 0.437. The van der Waals surface area contributed by atoms with Gasteiger partial charge in [-0.2, -0.15) is 5.10 Å². The van der Waals surface area contributed by atoms with Gasteiger partial charge in [0.15, 0.2) is 0 Å². The topological polar surface area (TPSA) is 40.7 Å². The Labute approximate surface area is 103 Å². The molecule has 1 saturated heterocycles. The Morgan fingerprint density at radius 3 is 2.59 bits per heavy atom. The van der Waals surface area contributed by atoms with Gasteiger partial charge in [0.05, 0.1) is 11.7 Å². The third kappa shape index (κ3) is 2.13. The molecule has 1 saturated carbocycles. The molecule has 2 aliphatic rings. The van der Waals surface area contributed by atoms with Crippen molar-refractivity contribution in [2.24, 2.45) is 0 Å². The molecule has 1 unspecified atom stereocenters. The maximum absolute atomic E-state index is 4.59. The minimum Gasteiger partial charge on any atom is -0.309 e. The molecule has 0 bridgehead atoms. The van der Waals surface area contributed by atoms with Gasteiger partial charge in [0, 0.05) is 11.3 Å². The van der Waals surface area contributed by atoms with Crippen molar-refractivity contribution in [2.75, 3.05) is 6.54 Å². The van der Waals surface area contributed by atoms with Crippen LogP contribution in [-0.4, -0.2) is 16.7 Å². The molecule has 1 aliphatic heterocycles. The summed E-state index contributed by atoms with van der Waals surface area (Å²) in [6, 6.07) is 0.511. The molecule has 0 aromatic carbocycles. The van der Waals surface area contributed by atoms with Gasteiger partial charge in [0.25, 0.3) is 0 Å². The van der Waals surface area contributed by atoms with Gasteiger partial charge < -0.3 is 5.32 Å². The number of rotatable bonds is 2. The van der Waals surface area contributed by atoms with Crippen molar-refractivity contribution < 1.29 is 0 Å². The Morgan fingerprint density at radius 2 is 1.88 bits per heavy atom. The molecule has 1 aliphatic carbocycles. The molecule has 17 heavy (non-hydrogen) atoms. The summed E-state index contributed by atoms with van der Waals surface area (Å²) >= 11 is 0. The summed E-state index contributed by atoms with van der Waals surface area (Å²) in [6.45, 7) is 3.34. The van der Waals surface area contributed by atoms with Gasteiger partial charge in [-0.15, -0.1) is 0 Å². The van der Waals surface area contributed by atoms with Crippen LogP contribution in [0, 0.1) is 6.92 Å². The molecule has 1 aromatic heterocycles. The van der Waals surface area contributed by atoms with Gasteiger partial charge in [-0.05, 0) is 45.1 Å². The second kappa shape index (κ2) is 4.81. The van der Waals surface area contributed by atoms with Gasteiger partial charge >= 0.3 is 0 Å². The molecule has 2 N–H and O–H groups in total. The average Bonchev–Trinajstić information content (AvgIpc) is 2.98. The van der Waals surface area contributed by atoms with E-state index in [0.29, 0.717) is 6.04 Å². The lowest BCUT2D eigenvalue weighted by atomic mass is 9.82. The molecule has 94 valence electrons. The summed E-state index contributed by atoms with van der Waals surface area (Å²) in [7, 11) is 0. The van der Waals surface area contributed by atoms with Gasteiger partial charge in [-0.1, -0.05) is 19.3 Å². The van der Waals surface area contributed by atoms with Gasteiger partial charge in [-0.25, -0.2) is 0 Å². The second-order valence-electron chi connectivity index (χ2n) is 5.63. The third-order valence-corrected chi connectivity index (χ3v) is 4.43. The van der Waals surface area contributed by atoms with Crippen LogP contribution in [0.1, 0.15) is 73.9 Å². The van der Waals surface area contributed by atoms with Crippen LogP contribution in [0.4, 0.5) is 0 Å². The summed E-state index contributed by atoms with van der Waals surface area (Å²) in [5.74, 6) is 0.764. The lowest BCUT2D eigenvalue weighted by Gasteiger charge is -2.23. The molecular formula is C14H23N3. The summed E-state index contributed by atoms with van der Waals surface area (Å²) in [5, 5.41) is 11.4. The van der Waals surface area contributed by atoms with E-state index in [1.54, 1.807) is 5.56 Å². The monoisotopic (exact) mass is 233 g/mol. The first-order valence-electron chi connectivity index (χ1n) is 7.14. The normalized spacial score (nSPS) is 26.5. The van der Waals surface area contributed by atoms with Gasteiger partial charge in [0.1, 0.15) is 0 Å². The van der Waals surface area contributed by atoms with Crippen LogP contribution in [-0.2, 0) is 0 Å². The summed E-state index contributed by atoms with van der Waals surface area (Å²) < 4.78 is 0. The zero-order valence-electron chi connectivity index (χ0n) is 10.8. The largest absolute Gasteiger partial charge is 0.309 e. The highest BCUT2D eigenvalue weighted by atomic mass is 15.1. The molecular weight excluding hydrogens is 210 g/mol. The first-order chi connectivity index (χ1) is 8.36. The first-order valence-corrected chi connectivity index (χ1v) is 7.14. The second-order valence-corrected chi connectivity index (χ2v) is 5.63. The lowest BCUT2D eigenvalue weighted by Crippen LogP contribution is -2.17. The van der Waals surface area contributed by atoms with E-state index in [0.717, 1.165) is 12.5 Å². The first kappa shape index (κ1) is 11.3. The summed E-state index contributed by atoms with van der Waals surface area (Å²) in [4.78, 5) is 0. The molecule has 0 spiro atoms. The van der Waals surface area contributed by atoms with Crippen molar-refractivity contribution in [1.29, 1.82) is 0 Å². The Hall–Kier alpha value is -0.830. The van der Waals surface area contributed by atoms with Crippen molar-refractivity contribution in [3.05, 3.63) is 17.0 Å². The predicted octanol–water partition coefficient (Wildman–Crippen LogP) is 3.19. The Morgan fingerprint density at radius 1 is 1.06 bits per heavy atom. The number of H-pyrrole nitrogens is 1. The zero-order chi connectivity index (χ0) is 11.7. The summed E-state index contributed by atoms with van der Waals surface area (Å²) in [5.41, 5.74) is 4.18. The van der Waals surface area contributed by atoms with Crippen molar-refractivity contribution in [2.45, 2.75) is 63.8 Å². The van der Waals surface area contributed by atoms with Crippen LogP contribution in [0.15, 0.2) is 0 Å². The van der Waals surface area contributed by atoms with Crippen LogP contribution in [0.25, 0.3) is 0 Å². The van der Waals surface area contributed by atoms with Crippen LogP contribution >= 0.6 is 0 Å². The minimum absolute atomic E-state index is 0.511. The zero-order valence-corrected chi connectivity index (χ0v) is 10.8. The molecule has 3 rings (SSSR count). The number of aromatic amines is 1. The maximum Gasteiger partial charge on any atom is 0.0828 e. The number of hydrogen-bond acceptors (Lipinski definition) is 2. The molecule has 3 nitrogen and oxygen atoms in total. The fraction of sp³-hybridized carbons (Fsp3) is 0.786. The van der Waals surface area contributed by atoms with Crippen molar-refractivity contribution in [1.82, 2.24) is 15.5 Å². The summed E-state index contributed by atoms with van der Waals surface area (Å²) in [6.07, 6.45) is 9.48. The molecule has 0 amide bonds. The van der Waals surface area contributed by atoms with E-state index < -0.39 is 0 Å². The Kier molecular flexibility index (Phi) is 3.19. The quantitative estimate of drug-likeness (QED) is 0.823. The van der Waals surface area contributed by atoms with E-state index in [9.17, 15) is 0 Å².